The minimum atomic E-state index is -0.346. The molecule has 9 nitrogen and oxygen atoms in total. The van der Waals surface area contributed by atoms with Gasteiger partial charge in [0.25, 0.3) is 23.6 Å². The van der Waals surface area contributed by atoms with Gasteiger partial charge in [-0.1, -0.05) is 61.9 Å². The number of hydrogen-bond acceptors (Lipinski definition) is 7. The molecular formula is C49H42N2O7. The molecule has 0 saturated heterocycles. The third-order valence-corrected chi connectivity index (χ3v) is 10.9. The number of nitrogens with zero attached hydrogens (tertiary/aromatic N) is 2. The molecule has 0 aromatic heterocycles. The molecule has 6 aromatic carbocycles. The van der Waals surface area contributed by atoms with Crippen molar-refractivity contribution < 1.29 is 33.4 Å². The number of carbonyl (C=O) groups is 4. The second kappa shape index (κ2) is 15.5. The summed E-state index contributed by atoms with van der Waals surface area (Å²) in [6.07, 6.45) is 2.42. The molecule has 6 aromatic rings. The molecular weight excluding hydrogens is 729 g/mol. The maximum Gasteiger partial charge on any atom is 0.266 e. The Morgan fingerprint density at radius 2 is 0.983 bits per heavy atom. The topological polar surface area (TPSA) is 102 Å². The summed E-state index contributed by atoms with van der Waals surface area (Å²) in [7, 11) is 1.46. The number of rotatable bonds is 13. The maximum absolute atomic E-state index is 13.5. The number of aryl methyl sites for hydroxylation is 2. The first-order chi connectivity index (χ1) is 28.0. The van der Waals surface area contributed by atoms with Gasteiger partial charge in [0.05, 0.1) is 34.5 Å². The van der Waals surface area contributed by atoms with E-state index in [-0.39, 0.29) is 29.0 Å². The van der Waals surface area contributed by atoms with Crippen molar-refractivity contribution in [2.24, 2.45) is 0 Å². The summed E-state index contributed by atoms with van der Waals surface area (Å²) in [4.78, 5) is 53.8. The molecule has 2 aliphatic heterocycles. The highest BCUT2D eigenvalue weighted by molar-refractivity contribution is 6.34. The van der Waals surface area contributed by atoms with Crippen LogP contribution in [-0.4, -0.2) is 42.2 Å². The monoisotopic (exact) mass is 770 g/mol. The van der Waals surface area contributed by atoms with Crippen LogP contribution < -0.4 is 19.1 Å². The summed E-state index contributed by atoms with van der Waals surface area (Å²) < 4.78 is 17.9. The van der Waals surface area contributed by atoms with Gasteiger partial charge in [0.15, 0.2) is 0 Å². The van der Waals surface area contributed by atoms with Crippen LogP contribution in [0.4, 0.5) is 5.69 Å². The number of ether oxygens (including phenoxy) is 3. The first kappa shape index (κ1) is 37.9. The number of anilines is 1. The summed E-state index contributed by atoms with van der Waals surface area (Å²) in [5.74, 6) is 1.75. The average molecular weight is 771 g/mol. The van der Waals surface area contributed by atoms with E-state index in [2.05, 4.69) is 45.0 Å². The average Bonchev–Trinajstić information content (AvgIpc) is 3.61. The van der Waals surface area contributed by atoms with Gasteiger partial charge in [-0.2, -0.15) is 0 Å². The van der Waals surface area contributed by atoms with Gasteiger partial charge in [-0.3, -0.25) is 24.1 Å². The molecule has 2 aliphatic rings. The van der Waals surface area contributed by atoms with Crippen LogP contribution in [0.5, 0.6) is 28.7 Å². The van der Waals surface area contributed by atoms with E-state index < -0.39 is 0 Å². The summed E-state index contributed by atoms with van der Waals surface area (Å²) in [5.41, 5.74) is 6.41. The Kier molecular flexibility index (Phi) is 10.1. The van der Waals surface area contributed by atoms with Crippen molar-refractivity contribution in [1.82, 2.24) is 4.90 Å². The smallest absolute Gasteiger partial charge is 0.266 e. The highest BCUT2D eigenvalue weighted by Crippen LogP contribution is 2.36. The quantitative estimate of drug-likeness (QED) is 0.0851. The SMILES string of the molecule is Cc1ccc(C(C)(C)c2ccc(N3C(=O)c4ccc(CCCCOc5ccc(Oc6ccc(Oc7ccc8c(c7)C(=O)N(C)C8=O)cc6)cc5)cc4C3=O)cc2)cc1. The van der Waals surface area contributed by atoms with Gasteiger partial charge in [0.1, 0.15) is 28.7 Å². The second-order valence-corrected chi connectivity index (χ2v) is 15.2. The molecule has 0 saturated carbocycles. The van der Waals surface area contributed by atoms with Crippen molar-refractivity contribution in [3.05, 3.63) is 178 Å². The van der Waals surface area contributed by atoms with Gasteiger partial charge in [0, 0.05) is 12.5 Å². The first-order valence-corrected chi connectivity index (χ1v) is 19.3. The minimum absolute atomic E-state index is 0.235. The van der Waals surface area contributed by atoms with Crippen molar-refractivity contribution >= 4 is 29.3 Å². The van der Waals surface area contributed by atoms with Crippen LogP contribution in [-0.2, 0) is 11.8 Å². The predicted molar refractivity (Wildman–Crippen MR) is 222 cm³/mol. The zero-order chi connectivity index (χ0) is 40.6. The number of benzene rings is 6. The number of imide groups is 2. The molecule has 0 unspecified atom stereocenters. The number of hydrogen-bond donors (Lipinski definition) is 0. The van der Waals surface area contributed by atoms with Crippen LogP contribution in [0.3, 0.4) is 0 Å². The van der Waals surface area contributed by atoms with E-state index in [0.717, 1.165) is 41.0 Å². The highest BCUT2D eigenvalue weighted by atomic mass is 16.5. The number of carbonyl (C=O) groups excluding carboxylic acids is 4. The molecule has 58 heavy (non-hydrogen) atoms. The molecule has 0 aliphatic carbocycles. The van der Waals surface area contributed by atoms with Gasteiger partial charge < -0.3 is 14.2 Å². The van der Waals surface area contributed by atoms with Crippen molar-refractivity contribution in [3.8, 4) is 28.7 Å². The molecule has 0 N–H and O–H groups in total. The summed E-state index contributed by atoms with van der Waals surface area (Å²) in [5, 5.41) is 0. The van der Waals surface area contributed by atoms with E-state index in [1.165, 1.54) is 23.1 Å². The van der Waals surface area contributed by atoms with Crippen LogP contribution in [0, 0.1) is 6.92 Å². The van der Waals surface area contributed by atoms with Crippen molar-refractivity contribution in [2.45, 2.75) is 45.4 Å². The van der Waals surface area contributed by atoms with Gasteiger partial charge in [-0.05, 0) is 134 Å². The summed E-state index contributed by atoms with van der Waals surface area (Å²) in [6.45, 7) is 6.95. The molecule has 0 radical (unpaired) electrons. The van der Waals surface area contributed by atoms with E-state index in [1.54, 1.807) is 48.5 Å². The van der Waals surface area contributed by atoms with Gasteiger partial charge in [0.2, 0.25) is 0 Å². The lowest BCUT2D eigenvalue weighted by molar-refractivity contribution is 0.0692. The van der Waals surface area contributed by atoms with Crippen molar-refractivity contribution in [2.75, 3.05) is 18.6 Å². The molecule has 9 heteroatoms. The number of amides is 4. The zero-order valence-corrected chi connectivity index (χ0v) is 32.8. The Morgan fingerprint density at radius 3 is 1.62 bits per heavy atom. The molecule has 4 amide bonds. The lowest BCUT2D eigenvalue weighted by atomic mass is 9.78. The lowest BCUT2D eigenvalue weighted by Crippen LogP contribution is -2.29. The fourth-order valence-electron chi connectivity index (χ4n) is 7.32. The van der Waals surface area contributed by atoms with E-state index >= 15 is 0 Å². The largest absolute Gasteiger partial charge is 0.494 e. The van der Waals surface area contributed by atoms with Crippen LogP contribution in [0.2, 0.25) is 0 Å². The van der Waals surface area contributed by atoms with E-state index in [0.29, 0.717) is 57.5 Å². The molecule has 0 fully saturated rings. The third-order valence-electron chi connectivity index (χ3n) is 10.9. The standard InChI is InChI=1S/C49H42N2O7/c1-31-8-11-33(12-9-31)49(2,3)34-13-15-35(16-14-34)51-47(54)42-26-10-32(29-43(42)48(51)55)7-5-6-28-56-36-17-19-37(20-18-36)57-38-21-23-39(24-22-38)58-40-25-27-41-44(30-40)46(53)50(4)45(41)52/h8-27,29-30H,5-7,28H2,1-4H3. The van der Waals surface area contributed by atoms with E-state index in [4.69, 9.17) is 14.2 Å². The van der Waals surface area contributed by atoms with E-state index in [1.807, 2.05) is 60.7 Å². The molecule has 0 spiro atoms. The fraction of sp³-hybridized carbons (Fsp3) is 0.184. The number of unbranched alkanes of at least 4 members (excludes halogenated alkanes) is 1. The molecule has 2 heterocycles. The fourth-order valence-corrected chi connectivity index (χ4v) is 7.32. The summed E-state index contributed by atoms with van der Waals surface area (Å²) in [6, 6.07) is 41.1. The Morgan fingerprint density at radius 1 is 0.500 bits per heavy atom. The zero-order valence-electron chi connectivity index (χ0n) is 32.8. The summed E-state index contributed by atoms with van der Waals surface area (Å²) >= 11 is 0. The van der Waals surface area contributed by atoms with Crippen LogP contribution in [0.1, 0.15) is 90.4 Å². The lowest BCUT2D eigenvalue weighted by Gasteiger charge is -2.27. The Hall–Kier alpha value is -7.00. The molecule has 0 bridgehead atoms. The van der Waals surface area contributed by atoms with Crippen LogP contribution in [0.25, 0.3) is 0 Å². The minimum Gasteiger partial charge on any atom is -0.494 e. The Bertz CT molecular complexity index is 2540. The molecule has 0 atom stereocenters. The van der Waals surface area contributed by atoms with Gasteiger partial charge in [-0.15, -0.1) is 0 Å². The number of fused-ring (bicyclic) bond motifs is 2. The molecule has 290 valence electrons. The Balaban J connectivity index is 0.791. The van der Waals surface area contributed by atoms with Crippen molar-refractivity contribution in [3.63, 3.8) is 0 Å². The second-order valence-electron chi connectivity index (χ2n) is 15.2. The maximum atomic E-state index is 13.5. The third kappa shape index (κ3) is 7.46. The van der Waals surface area contributed by atoms with Gasteiger partial charge >= 0.3 is 0 Å². The van der Waals surface area contributed by atoms with E-state index in [9.17, 15) is 19.2 Å². The van der Waals surface area contributed by atoms with Gasteiger partial charge in [-0.25, -0.2) is 4.90 Å². The first-order valence-electron chi connectivity index (χ1n) is 19.3. The van der Waals surface area contributed by atoms with Crippen LogP contribution >= 0.6 is 0 Å². The highest BCUT2D eigenvalue weighted by Gasteiger charge is 2.37. The van der Waals surface area contributed by atoms with Crippen molar-refractivity contribution in [1.29, 1.82) is 0 Å². The van der Waals surface area contributed by atoms with Crippen LogP contribution in [0.15, 0.2) is 133 Å². The Labute approximate surface area is 337 Å². The predicted octanol–water partition coefficient (Wildman–Crippen LogP) is 10.3. The normalized spacial score (nSPS) is 13.5. The molecule has 8 rings (SSSR count).